The van der Waals surface area contributed by atoms with Crippen LogP contribution in [0.5, 0.6) is 5.75 Å². The lowest BCUT2D eigenvalue weighted by Crippen LogP contribution is -2.50. The minimum absolute atomic E-state index is 0.166. The quantitative estimate of drug-likeness (QED) is 0.192. The van der Waals surface area contributed by atoms with E-state index >= 15 is 0 Å². The summed E-state index contributed by atoms with van der Waals surface area (Å²) in [6, 6.07) is 29.5. The first-order valence-electron chi connectivity index (χ1n) is 15.2. The topological polar surface area (TPSA) is 105 Å². The number of nitrogens with zero attached hydrogens (tertiary/aromatic N) is 6. The first kappa shape index (κ1) is 31.2. The van der Waals surface area contributed by atoms with Crippen LogP contribution in [0.15, 0.2) is 103 Å². The summed E-state index contributed by atoms with van der Waals surface area (Å²) in [4.78, 5) is 40.2. The van der Waals surface area contributed by atoms with Crippen LogP contribution < -0.4 is 10.1 Å². The van der Waals surface area contributed by atoms with Gasteiger partial charge in [-0.2, -0.15) is 5.10 Å². The van der Waals surface area contributed by atoms with Crippen LogP contribution in [0.4, 0.5) is 11.5 Å². The Labute approximate surface area is 286 Å². The third-order valence-corrected chi connectivity index (χ3v) is 8.92. The van der Waals surface area contributed by atoms with Gasteiger partial charge in [0.1, 0.15) is 17.3 Å². The largest absolute Gasteiger partial charge is 0.497 e. The number of hydrogen-bond donors (Lipinski definition) is 1. The van der Waals surface area contributed by atoms with Gasteiger partial charge in [-0.05, 0) is 54.6 Å². The van der Waals surface area contributed by atoms with E-state index in [4.69, 9.17) is 38.0 Å². The number of halogens is 2. The fourth-order valence-corrected chi connectivity index (χ4v) is 5.93. The number of aromatic nitrogens is 4. The molecular weight excluding hydrogens is 649 g/mol. The molecule has 0 bridgehead atoms. The molecule has 240 valence electrons. The number of piperazine rings is 1. The van der Waals surface area contributed by atoms with E-state index in [1.807, 2.05) is 66.7 Å². The van der Waals surface area contributed by atoms with E-state index in [0.717, 1.165) is 28.3 Å². The van der Waals surface area contributed by atoms with Crippen LogP contribution in [0.3, 0.4) is 0 Å². The van der Waals surface area contributed by atoms with Crippen LogP contribution in [0.2, 0.25) is 10.0 Å². The number of carbonyl (C=O) groups excluding carboxylic acids is 2. The number of fused-ring (bicyclic) bond motifs is 1. The highest BCUT2D eigenvalue weighted by molar-refractivity contribution is 6.42. The Hall–Kier alpha value is -5.45. The molecule has 0 unspecified atom stereocenters. The number of rotatable bonds is 7. The van der Waals surface area contributed by atoms with Gasteiger partial charge in [0.05, 0.1) is 34.1 Å². The van der Waals surface area contributed by atoms with Crippen molar-refractivity contribution in [1.29, 1.82) is 0 Å². The molecule has 1 fully saturated rings. The Bertz CT molecular complexity index is 2130. The molecule has 7 rings (SSSR count). The maximum absolute atomic E-state index is 13.9. The molecule has 48 heavy (non-hydrogen) atoms. The molecule has 3 aromatic heterocycles. The van der Waals surface area contributed by atoms with E-state index in [-0.39, 0.29) is 17.5 Å². The van der Waals surface area contributed by atoms with Crippen molar-refractivity contribution in [3.05, 3.63) is 125 Å². The second-order valence-electron chi connectivity index (χ2n) is 11.2. The minimum atomic E-state index is -0.239. The first-order chi connectivity index (χ1) is 23.4. The summed E-state index contributed by atoms with van der Waals surface area (Å²) in [5.41, 5.74) is 5.03. The zero-order valence-electron chi connectivity index (χ0n) is 25.8. The molecule has 1 N–H and O–H groups in total. The van der Waals surface area contributed by atoms with E-state index in [1.54, 1.807) is 58.0 Å². The third-order valence-electron chi connectivity index (χ3n) is 8.18. The van der Waals surface area contributed by atoms with Gasteiger partial charge in [-0.25, -0.2) is 14.5 Å². The molecule has 3 aromatic carbocycles. The lowest BCUT2D eigenvalue weighted by atomic mass is 10.1. The number of amides is 2. The predicted octanol–water partition coefficient (Wildman–Crippen LogP) is 7.12. The first-order valence-corrected chi connectivity index (χ1v) is 16.0. The second kappa shape index (κ2) is 13.3. The zero-order valence-corrected chi connectivity index (χ0v) is 27.3. The van der Waals surface area contributed by atoms with Gasteiger partial charge in [0, 0.05) is 55.3 Å². The lowest BCUT2D eigenvalue weighted by molar-refractivity contribution is 0.0533. The maximum atomic E-state index is 13.9. The smallest absolute Gasteiger partial charge is 0.272 e. The molecule has 12 heteroatoms. The van der Waals surface area contributed by atoms with E-state index in [2.05, 4.69) is 10.3 Å². The number of benzene rings is 3. The Morgan fingerprint density at radius 3 is 2.21 bits per heavy atom. The van der Waals surface area contributed by atoms with E-state index in [9.17, 15) is 9.59 Å². The van der Waals surface area contributed by atoms with Crippen molar-refractivity contribution >= 4 is 52.2 Å². The van der Waals surface area contributed by atoms with Gasteiger partial charge >= 0.3 is 0 Å². The summed E-state index contributed by atoms with van der Waals surface area (Å²) in [7, 11) is 1.61. The summed E-state index contributed by atoms with van der Waals surface area (Å²) in [6.07, 6.45) is 1.64. The molecule has 1 saturated heterocycles. The van der Waals surface area contributed by atoms with Crippen LogP contribution >= 0.6 is 23.2 Å². The number of hydrogen-bond acceptors (Lipinski definition) is 7. The van der Waals surface area contributed by atoms with E-state index in [0.29, 0.717) is 58.9 Å². The molecular formula is C36H29Cl2N7O3. The summed E-state index contributed by atoms with van der Waals surface area (Å²) < 4.78 is 6.95. The van der Waals surface area contributed by atoms with Gasteiger partial charge in [-0.3, -0.25) is 9.59 Å². The fraction of sp³-hybridized carbons (Fsp3) is 0.139. The number of anilines is 2. The van der Waals surface area contributed by atoms with Crippen LogP contribution in [0, 0.1) is 0 Å². The SMILES string of the molecule is COc1ccc(Nc2ncccc2C(=O)N2CCN(C(=O)c3cc(-c4ccc(Cl)c(Cl)c4)n4nc(-c5ccccc5)cc4n3)CC2)cc1. The summed E-state index contributed by atoms with van der Waals surface area (Å²) >= 11 is 12.6. The number of pyridine rings is 1. The van der Waals surface area contributed by atoms with Crippen molar-refractivity contribution in [2.45, 2.75) is 0 Å². The molecule has 1 aliphatic heterocycles. The fourth-order valence-electron chi connectivity index (χ4n) is 5.63. The van der Waals surface area contributed by atoms with E-state index in [1.165, 1.54) is 0 Å². The van der Waals surface area contributed by atoms with Crippen LogP contribution in [0.1, 0.15) is 20.8 Å². The Morgan fingerprint density at radius 1 is 0.771 bits per heavy atom. The summed E-state index contributed by atoms with van der Waals surface area (Å²) in [5, 5.41) is 8.87. The van der Waals surface area contributed by atoms with Crippen molar-refractivity contribution < 1.29 is 14.3 Å². The van der Waals surface area contributed by atoms with Crippen molar-refractivity contribution in [1.82, 2.24) is 29.4 Å². The molecule has 6 aromatic rings. The van der Waals surface area contributed by atoms with Crippen molar-refractivity contribution in [3.8, 4) is 28.3 Å². The molecule has 0 spiro atoms. The van der Waals surface area contributed by atoms with Crippen LogP contribution in [0.25, 0.3) is 28.2 Å². The standard InChI is InChI=1S/C36H29Cl2N7O3/c1-48-26-12-10-25(11-13-26)40-34-27(8-5-15-39-34)35(46)43-16-18-44(19-17-43)36(47)31-21-32(24-9-14-28(37)29(38)20-24)45-33(41-31)22-30(42-45)23-6-3-2-4-7-23/h2-15,20-22H,16-19H2,1H3,(H,39,40). The van der Waals surface area contributed by atoms with Gasteiger partial charge in [0.25, 0.3) is 11.8 Å². The molecule has 1 aliphatic rings. The van der Waals surface area contributed by atoms with Crippen molar-refractivity contribution in [3.63, 3.8) is 0 Å². The van der Waals surface area contributed by atoms with Gasteiger partial charge < -0.3 is 19.9 Å². The summed E-state index contributed by atoms with van der Waals surface area (Å²) in [6.45, 7) is 1.40. The average molecular weight is 679 g/mol. The molecule has 4 heterocycles. The number of nitrogens with one attached hydrogen (secondary N) is 1. The molecule has 0 aliphatic carbocycles. The molecule has 0 radical (unpaired) electrons. The van der Waals surface area contributed by atoms with Gasteiger partial charge in [-0.1, -0.05) is 59.6 Å². The number of ether oxygens (including phenoxy) is 1. The molecule has 0 saturated carbocycles. The Kier molecular flexibility index (Phi) is 8.66. The van der Waals surface area contributed by atoms with Gasteiger partial charge in [-0.15, -0.1) is 0 Å². The molecule has 0 atom stereocenters. The summed E-state index contributed by atoms with van der Waals surface area (Å²) in [5.74, 6) is 0.777. The second-order valence-corrected chi connectivity index (χ2v) is 12.0. The van der Waals surface area contributed by atoms with Crippen LogP contribution in [-0.4, -0.2) is 74.5 Å². The van der Waals surface area contributed by atoms with Gasteiger partial charge in [0.15, 0.2) is 5.65 Å². The highest BCUT2D eigenvalue weighted by Gasteiger charge is 2.28. The highest BCUT2D eigenvalue weighted by Crippen LogP contribution is 2.31. The highest BCUT2D eigenvalue weighted by atomic mass is 35.5. The number of carbonyl (C=O) groups is 2. The van der Waals surface area contributed by atoms with Gasteiger partial charge in [0.2, 0.25) is 0 Å². The zero-order chi connectivity index (χ0) is 33.2. The lowest BCUT2D eigenvalue weighted by Gasteiger charge is -2.35. The Morgan fingerprint density at radius 2 is 1.50 bits per heavy atom. The Balaban J connectivity index is 1.12. The normalized spacial score (nSPS) is 13.1. The minimum Gasteiger partial charge on any atom is -0.497 e. The average Bonchev–Trinajstić information content (AvgIpc) is 3.57. The van der Waals surface area contributed by atoms with Crippen molar-refractivity contribution in [2.75, 3.05) is 38.6 Å². The third kappa shape index (κ3) is 6.27. The predicted molar refractivity (Wildman–Crippen MR) is 186 cm³/mol. The van der Waals surface area contributed by atoms with Crippen LogP contribution in [-0.2, 0) is 0 Å². The number of methoxy groups -OCH3 is 1. The molecule has 10 nitrogen and oxygen atoms in total. The molecule has 2 amide bonds. The maximum Gasteiger partial charge on any atom is 0.272 e. The van der Waals surface area contributed by atoms with Crippen molar-refractivity contribution in [2.24, 2.45) is 0 Å². The monoisotopic (exact) mass is 677 g/mol. The van der Waals surface area contributed by atoms with E-state index < -0.39 is 0 Å².